The molecule has 2 rings (SSSR count). The van der Waals surface area contributed by atoms with Crippen LogP contribution in [0.25, 0.3) is 0 Å². The average molecular weight is 321 g/mol. The van der Waals surface area contributed by atoms with Gasteiger partial charge in [0.15, 0.2) is 0 Å². The predicted molar refractivity (Wildman–Crippen MR) is 83.6 cm³/mol. The van der Waals surface area contributed by atoms with E-state index in [2.05, 4.69) is 15.7 Å². The average Bonchev–Trinajstić information content (AvgIpc) is 2.81. The summed E-state index contributed by atoms with van der Waals surface area (Å²) in [4.78, 5) is 23.7. The Morgan fingerprint density at radius 2 is 2.05 bits per heavy atom. The Labute approximate surface area is 133 Å². The van der Waals surface area contributed by atoms with Crippen LogP contribution in [0.1, 0.15) is 21.7 Å². The van der Waals surface area contributed by atoms with Gasteiger partial charge >= 0.3 is 0 Å². The summed E-state index contributed by atoms with van der Waals surface area (Å²) in [6.45, 7) is 2.07. The molecule has 2 amide bonds. The molecule has 0 saturated carbocycles. The van der Waals surface area contributed by atoms with Crippen LogP contribution in [0.15, 0.2) is 30.3 Å². The van der Waals surface area contributed by atoms with Crippen LogP contribution < -0.4 is 10.6 Å². The van der Waals surface area contributed by atoms with E-state index in [1.54, 1.807) is 32.2 Å². The standard InChI is InChI=1S/C15H17ClN4O2/c1-10-6-13(20(2)19-10)15(22)18-9-14(21)17-8-11-4-3-5-12(16)7-11/h3-7H,8-9H2,1-2H3,(H,17,21)(H,18,22). The van der Waals surface area contributed by atoms with Crippen LogP contribution in [0.3, 0.4) is 0 Å². The van der Waals surface area contributed by atoms with Gasteiger partial charge in [0.1, 0.15) is 5.69 Å². The van der Waals surface area contributed by atoms with Gasteiger partial charge in [-0.1, -0.05) is 23.7 Å². The van der Waals surface area contributed by atoms with Crippen molar-refractivity contribution in [1.29, 1.82) is 0 Å². The molecule has 0 fully saturated rings. The molecule has 2 aromatic rings. The van der Waals surface area contributed by atoms with Crippen LogP contribution in [0, 0.1) is 6.92 Å². The molecule has 0 unspecified atom stereocenters. The summed E-state index contributed by atoms with van der Waals surface area (Å²) in [5, 5.41) is 9.98. The van der Waals surface area contributed by atoms with Crippen LogP contribution >= 0.6 is 11.6 Å². The zero-order valence-electron chi connectivity index (χ0n) is 12.4. The number of aryl methyl sites for hydroxylation is 2. The van der Waals surface area contributed by atoms with E-state index in [-0.39, 0.29) is 18.4 Å². The predicted octanol–water partition coefficient (Wildman–Crippen LogP) is 1.43. The maximum Gasteiger partial charge on any atom is 0.269 e. The van der Waals surface area contributed by atoms with Crippen molar-refractivity contribution in [1.82, 2.24) is 20.4 Å². The van der Waals surface area contributed by atoms with Crippen LogP contribution in [0.4, 0.5) is 0 Å². The van der Waals surface area contributed by atoms with Gasteiger partial charge in [0.05, 0.1) is 12.2 Å². The van der Waals surface area contributed by atoms with Crippen LogP contribution in [0.5, 0.6) is 0 Å². The molecule has 7 heteroatoms. The molecule has 0 atom stereocenters. The van der Waals surface area contributed by atoms with Gasteiger partial charge < -0.3 is 10.6 Å². The molecule has 0 saturated heterocycles. The molecule has 0 aliphatic heterocycles. The Balaban J connectivity index is 1.80. The molecule has 1 aromatic heterocycles. The Kier molecular flexibility index (Phi) is 5.16. The summed E-state index contributed by atoms with van der Waals surface area (Å²) in [7, 11) is 1.68. The number of benzene rings is 1. The van der Waals surface area contributed by atoms with E-state index in [0.29, 0.717) is 17.3 Å². The van der Waals surface area contributed by atoms with Crippen LogP contribution in [0.2, 0.25) is 5.02 Å². The van der Waals surface area contributed by atoms with Crippen molar-refractivity contribution in [2.45, 2.75) is 13.5 Å². The second kappa shape index (κ2) is 7.09. The highest BCUT2D eigenvalue weighted by atomic mass is 35.5. The number of rotatable bonds is 5. The number of hydrogen-bond acceptors (Lipinski definition) is 3. The summed E-state index contributed by atoms with van der Waals surface area (Å²) < 4.78 is 1.48. The first-order chi connectivity index (χ1) is 10.5. The van der Waals surface area contributed by atoms with Gasteiger partial charge in [-0.05, 0) is 30.7 Å². The number of amides is 2. The Bertz CT molecular complexity index is 697. The Morgan fingerprint density at radius 3 is 2.68 bits per heavy atom. The molecule has 0 radical (unpaired) electrons. The molecule has 0 aliphatic carbocycles. The highest BCUT2D eigenvalue weighted by Gasteiger charge is 2.12. The number of nitrogens with zero attached hydrogens (tertiary/aromatic N) is 2. The number of aromatic nitrogens is 2. The first kappa shape index (κ1) is 16.0. The smallest absolute Gasteiger partial charge is 0.269 e. The van der Waals surface area contributed by atoms with E-state index in [9.17, 15) is 9.59 Å². The van der Waals surface area contributed by atoms with Crippen LogP contribution in [-0.2, 0) is 18.4 Å². The van der Waals surface area contributed by atoms with Crippen molar-refractivity contribution in [3.8, 4) is 0 Å². The SMILES string of the molecule is Cc1cc(C(=O)NCC(=O)NCc2cccc(Cl)c2)n(C)n1. The summed E-state index contributed by atoms with van der Waals surface area (Å²) in [6.07, 6.45) is 0. The van der Waals surface area contributed by atoms with Gasteiger partial charge in [-0.2, -0.15) is 5.10 Å². The van der Waals surface area contributed by atoms with Gasteiger partial charge in [0.2, 0.25) is 5.91 Å². The van der Waals surface area contributed by atoms with Crippen molar-refractivity contribution in [2.24, 2.45) is 7.05 Å². The third kappa shape index (κ3) is 4.33. The molecule has 1 aromatic carbocycles. The van der Waals surface area contributed by atoms with Gasteiger partial charge in [-0.25, -0.2) is 0 Å². The largest absolute Gasteiger partial charge is 0.350 e. The quantitative estimate of drug-likeness (QED) is 0.875. The number of nitrogens with one attached hydrogen (secondary N) is 2. The highest BCUT2D eigenvalue weighted by molar-refractivity contribution is 6.30. The van der Waals surface area contributed by atoms with E-state index in [4.69, 9.17) is 11.6 Å². The van der Waals surface area contributed by atoms with Crippen molar-refractivity contribution in [3.05, 3.63) is 52.3 Å². The van der Waals surface area contributed by atoms with Crippen molar-refractivity contribution in [2.75, 3.05) is 6.54 Å². The van der Waals surface area contributed by atoms with Crippen molar-refractivity contribution >= 4 is 23.4 Å². The van der Waals surface area contributed by atoms with Gasteiger partial charge in [0.25, 0.3) is 5.91 Å². The fraction of sp³-hybridized carbons (Fsp3) is 0.267. The molecule has 0 aliphatic rings. The second-order valence-electron chi connectivity index (χ2n) is 4.88. The number of carbonyl (C=O) groups is 2. The first-order valence-electron chi connectivity index (χ1n) is 6.75. The minimum atomic E-state index is -0.332. The summed E-state index contributed by atoms with van der Waals surface area (Å²) in [5.74, 6) is -0.603. The fourth-order valence-electron chi connectivity index (χ4n) is 1.98. The molecule has 1 heterocycles. The van der Waals surface area contributed by atoms with E-state index < -0.39 is 0 Å². The fourth-order valence-corrected chi connectivity index (χ4v) is 2.20. The summed E-state index contributed by atoms with van der Waals surface area (Å²) >= 11 is 5.87. The second-order valence-corrected chi connectivity index (χ2v) is 5.32. The van der Waals surface area contributed by atoms with Crippen LogP contribution in [-0.4, -0.2) is 28.1 Å². The topological polar surface area (TPSA) is 76.0 Å². The monoisotopic (exact) mass is 320 g/mol. The maximum atomic E-state index is 11.9. The summed E-state index contributed by atoms with van der Waals surface area (Å²) in [6, 6.07) is 8.89. The Morgan fingerprint density at radius 1 is 1.27 bits per heavy atom. The molecule has 2 N–H and O–H groups in total. The molecule has 0 bridgehead atoms. The zero-order valence-corrected chi connectivity index (χ0v) is 13.1. The van der Waals surface area contributed by atoms with Crippen molar-refractivity contribution in [3.63, 3.8) is 0 Å². The molecular weight excluding hydrogens is 304 g/mol. The first-order valence-corrected chi connectivity index (χ1v) is 7.13. The Hall–Kier alpha value is -2.34. The van der Waals surface area contributed by atoms with Gasteiger partial charge in [-0.15, -0.1) is 0 Å². The number of halogens is 1. The minimum Gasteiger partial charge on any atom is -0.350 e. The third-order valence-electron chi connectivity index (χ3n) is 3.02. The molecule has 0 spiro atoms. The maximum absolute atomic E-state index is 11.9. The molecular formula is C15H17ClN4O2. The van der Waals surface area contributed by atoms with Gasteiger partial charge in [-0.3, -0.25) is 14.3 Å². The molecule has 116 valence electrons. The van der Waals surface area contributed by atoms with E-state index in [1.807, 2.05) is 12.1 Å². The molecule has 22 heavy (non-hydrogen) atoms. The minimum absolute atomic E-state index is 0.0936. The number of hydrogen-bond donors (Lipinski definition) is 2. The third-order valence-corrected chi connectivity index (χ3v) is 3.26. The lowest BCUT2D eigenvalue weighted by atomic mass is 10.2. The zero-order chi connectivity index (χ0) is 16.1. The van der Waals surface area contributed by atoms with Gasteiger partial charge in [0, 0.05) is 18.6 Å². The summed E-state index contributed by atoms with van der Waals surface area (Å²) in [5.41, 5.74) is 2.06. The van der Waals surface area contributed by atoms with E-state index in [1.165, 1.54) is 4.68 Å². The lowest BCUT2D eigenvalue weighted by Crippen LogP contribution is -2.37. The van der Waals surface area contributed by atoms with Crippen molar-refractivity contribution < 1.29 is 9.59 Å². The highest BCUT2D eigenvalue weighted by Crippen LogP contribution is 2.10. The lowest BCUT2D eigenvalue weighted by molar-refractivity contribution is -0.120. The molecule has 6 nitrogen and oxygen atoms in total. The van der Waals surface area contributed by atoms with E-state index >= 15 is 0 Å². The normalized spacial score (nSPS) is 10.3. The van der Waals surface area contributed by atoms with E-state index in [0.717, 1.165) is 11.3 Å². The number of carbonyl (C=O) groups excluding carboxylic acids is 2. The lowest BCUT2D eigenvalue weighted by Gasteiger charge is -2.07.